The molecule has 1 aliphatic heterocycles. The Morgan fingerprint density at radius 1 is 1.12 bits per heavy atom. The first kappa shape index (κ1) is 19.9. The second kappa shape index (κ2) is 7.88. The molecule has 3 aromatic heterocycles. The van der Waals surface area contributed by atoms with Crippen LogP contribution in [0.2, 0.25) is 0 Å². The molecule has 0 unspecified atom stereocenters. The second-order valence-electron chi connectivity index (χ2n) is 7.35. The third-order valence-electron chi connectivity index (χ3n) is 5.50. The van der Waals surface area contributed by atoms with Crippen LogP contribution in [0.15, 0.2) is 59.6 Å². The molecule has 4 heterocycles. The Balaban J connectivity index is 1.50. The summed E-state index contributed by atoms with van der Waals surface area (Å²) in [6, 6.07) is 8.21. The number of nitrogens with zero attached hydrogens (tertiary/aromatic N) is 6. The SMILES string of the molecule is C[C@H]1c2ccccc2[C@@H](c2cnccn2)CN1C(=O)c1nc(-c2ncc(F)cc2F)no1. The third-order valence-corrected chi connectivity index (χ3v) is 5.50. The monoisotopic (exact) mass is 434 g/mol. The average molecular weight is 434 g/mol. The van der Waals surface area contributed by atoms with Crippen LogP contribution < -0.4 is 0 Å². The largest absolute Gasteiger partial charge is 0.328 e. The highest BCUT2D eigenvalue weighted by atomic mass is 19.1. The van der Waals surface area contributed by atoms with E-state index in [1.807, 2.05) is 31.2 Å². The van der Waals surface area contributed by atoms with E-state index < -0.39 is 17.5 Å². The maximum atomic E-state index is 14.0. The first-order valence-electron chi connectivity index (χ1n) is 9.83. The van der Waals surface area contributed by atoms with Gasteiger partial charge in [-0.15, -0.1) is 0 Å². The molecular weight excluding hydrogens is 418 g/mol. The lowest BCUT2D eigenvalue weighted by atomic mass is 9.84. The van der Waals surface area contributed by atoms with Crippen LogP contribution in [0.4, 0.5) is 8.78 Å². The first-order valence-corrected chi connectivity index (χ1v) is 9.83. The van der Waals surface area contributed by atoms with E-state index >= 15 is 0 Å². The number of amides is 1. The average Bonchev–Trinajstić information content (AvgIpc) is 3.30. The Kier molecular flexibility index (Phi) is 4.89. The highest BCUT2D eigenvalue weighted by Crippen LogP contribution is 2.39. The summed E-state index contributed by atoms with van der Waals surface area (Å²) in [6.07, 6.45) is 5.71. The molecule has 1 aromatic carbocycles. The van der Waals surface area contributed by atoms with Gasteiger partial charge in [-0.25, -0.2) is 13.8 Å². The van der Waals surface area contributed by atoms with Crippen molar-refractivity contribution in [1.29, 1.82) is 0 Å². The normalized spacial score (nSPS) is 17.8. The van der Waals surface area contributed by atoms with Gasteiger partial charge in [0.25, 0.3) is 0 Å². The molecule has 0 fully saturated rings. The number of fused-ring (bicyclic) bond motifs is 1. The van der Waals surface area contributed by atoms with E-state index in [2.05, 4.69) is 25.1 Å². The molecule has 4 aromatic rings. The van der Waals surface area contributed by atoms with E-state index in [1.54, 1.807) is 23.5 Å². The van der Waals surface area contributed by atoms with Gasteiger partial charge in [0, 0.05) is 37.1 Å². The molecule has 0 radical (unpaired) electrons. The second-order valence-corrected chi connectivity index (χ2v) is 7.35. The number of pyridine rings is 1. The van der Waals surface area contributed by atoms with Crippen molar-refractivity contribution >= 4 is 5.91 Å². The minimum atomic E-state index is -0.951. The number of benzene rings is 1. The predicted octanol–water partition coefficient (Wildman–Crippen LogP) is 3.55. The summed E-state index contributed by atoms with van der Waals surface area (Å²) in [4.78, 5) is 31.1. The van der Waals surface area contributed by atoms with Crippen molar-refractivity contribution in [3.05, 3.63) is 89.5 Å². The number of carbonyl (C=O) groups is 1. The van der Waals surface area contributed by atoms with Crippen molar-refractivity contribution in [3.63, 3.8) is 0 Å². The van der Waals surface area contributed by atoms with Gasteiger partial charge in [-0.05, 0) is 18.1 Å². The van der Waals surface area contributed by atoms with Crippen molar-refractivity contribution in [1.82, 2.24) is 30.0 Å². The lowest BCUT2D eigenvalue weighted by Gasteiger charge is -2.38. The maximum absolute atomic E-state index is 14.0. The van der Waals surface area contributed by atoms with Crippen molar-refractivity contribution in [2.75, 3.05) is 6.54 Å². The molecule has 160 valence electrons. The number of rotatable bonds is 3. The lowest BCUT2D eigenvalue weighted by molar-refractivity contribution is 0.0613. The molecule has 1 aliphatic rings. The number of halogens is 2. The number of hydrogen-bond acceptors (Lipinski definition) is 7. The fourth-order valence-electron chi connectivity index (χ4n) is 3.94. The fourth-order valence-corrected chi connectivity index (χ4v) is 3.94. The molecule has 10 heteroatoms. The molecule has 0 saturated carbocycles. The summed E-state index contributed by atoms with van der Waals surface area (Å²) in [6.45, 7) is 2.22. The zero-order valence-corrected chi connectivity index (χ0v) is 16.8. The summed E-state index contributed by atoms with van der Waals surface area (Å²) < 4.78 is 32.3. The zero-order valence-electron chi connectivity index (χ0n) is 16.8. The van der Waals surface area contributed by atoms with Crippen LogP contribution in [-0.2, 0) is 0 Å². The predicted molar refractivity (Wildman–Crippen MR) is 107 cm³/mol. The van der Waals surface area contributed by atoms with E-state index in [9.17, 15) is 13.6 Å². The van der Waals surface area contributed by atoms with Gasteiger partial charge in [-0.1, -0.05) is 29.4 Å². The summed E-state index contributed by atoms with van der Waals surface area (Å²) in [5.41, 5.74) is 2.46. The van der Waals surface area contributed by atoms with E-state index in [-0.39, 0.29) is 29.4 Å². The van der Waals surface area contributed by atoms with Gasteiger partial charge in [0.2, 0.25) is 5.82 Å². The van der Waals surface area contributed by atoms with Crippen LogP contribution in [0.1, 0.15) is 46.4 Å². The topological polar surface area (TPSA) is 97.9 Å². The number of hydrogen-bond donors (Lipinski definition) is 0. The molecule has 5 rings (SSSR count). The lowest BCUT2D eigenvalue weighted by Crippen LogP contribution is -2.41. The molecule has 0 bridgehead atoms. The van der Waals surface area contributed by atoms with Crippen LogP contribution >= 0.6 is 0 Å². The Morgan fingerprint density at radius 2 is 1.94 bits per heavy atom. The standard InChI is InChI=1S/C22H16F2N6O2/c1-12-14-4-2-3-5-15(14)16(18-10-25-6-7-26-18)11-30(12)22(31)21-28-20(29-32-21)19-17(24)8-13(23)9-27-19/h2-10,12,16H,11H2,1H3/t12-,16-/m0/s1. The van der Waals surface area contributed by atoms with E-state index in [4.69, 9.17) is 4.52 Å². The molecule has 2 atom stereocenters. The molecule has 0 aliphatic carbocycles. The van der Waals surface area contributed by atoms with Gasteiger partial charge in [0.1, 0.15) is 11.5 Å². The zero-order chi connectivity index (χ0) is 22.2. The van der Waals surface area contributed by atoms with Crippen molar-refractivity contribution in [3.8, 4) is 11.5 Å². The molecule has 0 N–H and O–H groups in total. The summed E-state index contributed by atoms with van der Waals surface area (Å²) in [5.74, 6) is -3.04. The number of carbonyl (C=O) groups excluding carboxylic acids is 1. The highest BCUT2D eigenvalue weighted by molar-refractivity contribution is 5.90. The van der Waals surface area contributed by atoms with E-state index in [0.717, 1.165) is 23.0 Å². The van der Waals surface area contributed by atoms with Crippen molar-refractivity contribution < 1.29 is 18.1 Å². The van der Waals surface area contributed by atoms with Gasteiger partial charge in [0.15, 0.2) is 5.82 Å². The molecule has 0 spiro atoms. The van der Waals surface area contributed by atoms with Gasteiger partial charge in [-0.2, -0.15) is 4.98 Å². The molecule has 32 heavy (non-hydrogen) atoms. The van der Waals surface area contributed by atoms with Gasteiger partial charge in [-0.3, -0.25) is 14.8 Å². The van der Waals surface area contributed by atoms with Crippen LogP contribution in [0.25, 0.3) is 11.5 Å². The maximum Gasteiger partial charge on any atom is 0.316 e. The Bertz CT molecular complexity index is 1300. The molecule has 8 nitrogen and oxygen atoms in total. The van der Waals surface area contributed by atoms with Crippen LogP contribution in [0.3, 0.4) is 0 Å². The van der Waals surface area contributed by atoms with E-state index in [1.165, 1.54) is 0 Å². The van der Waals surface area contributed by atoms with Gasteiger partial charge in [0.05, 0.1) is 17.9 Å². The van der Waals surface area contributed by atoms with Gasteiger partial charge >= 0.3 is 11.8 Å². The van der Waals surface area contributed by atoms with Gasteiger partial charge < -0.3 is 9.42 Å². The van der Waals surface area contributed by atoms with Crippen molar-refractivity contribution in [2.24, 2.45) is 0 Å². The fraction of sp³-hybridized carbons (Fsp3) is 0.182. The van der Waals surface area contributed by atoms with Crippen LogP contribution in [-0.4, -0.2) is 42.4 Å². The number of aromatic nitrogens is 5. The smallest absolute Gasteiger partial charge is 0.316 e. The quantitative estimate of drug-likeness (QED) is 0.486. The van der Waals surface area contributed by atoms with Crippen molar-refractivity contribution in [2.45, 2.75) is 18.9 Å². The Hall–Kier alpha value is -4.08. The summed E-state index contributed by atoms with van der Waals surface area (Å²) in [5, 5.41) is 3.66. The first-order chi connectivity index (χ1) is 15.5. The Labute approximate surface area is 181 Å². The molecule has 0 saturated heterocycles. The van der Waals surface area contributed by atoms with Crippen LogP contribution in [0.5, 0.6) is 0 Å². The molecule has 1 amide bonds. The summed E-state index contributed by atoms with van der Waals surface area (Å²) in [7, 11) is 0. The minimum Gasteiger partial charge on any atom is -0.328 e. The molecular formula is C22H16F2N6O2. The Morgan fingerprint density at radius 3 is 2.69 bits per heavy atom. The highest BCUT2D eigenvalue weighted by Gasteiger charge is 2.37. The van der Waals surface area contributed by atoms with Crippen LogP contribution in [0, 0.1) is 11.6 Å². The van der Waals surface area contributed by atoms with E-state index in [0.29, 0.717) is 12.6 Å². The minimum absolute atomic E-state index is 0.196. The third kappa shape index (κ3) is 3.39. The summed E-state index contributed by atoms with van der Waals surface area (Å²) >= 11 is 0.